The molecule has 1 aromatic rings. The molecule has 1 aliphatic rings. The molecule has 0 aliphatic heterocycles. The van der Waals surface area contributed by atoms with Crippen LogP contribution in [-0.4, -0.2) is 24.5 Å². The number of nitrogens with one attached hydrogen (secondary N) is 2. The van der Waals surface area contributed by atoms with Crippen LogP contribution in [0, 0.1) is 5.92 Å². The van der Waals surface area contributed by atoms with Crippen molar-refractivity contribution < 1.29 is 14.3 Å². The summed E-state index contributed by atoms with van der Waals surface area (Å²) in [6, 6.07) is 7.09. The summed E-state index contributed by atoms with van der Waals surface area (Å²) in [6.45, 7) is 4.72. The topological polar surface area (TPSA) is 67.4 Å². The summed E-state index contributed by atoms with van der Waals surface area (Å²) in [7, 11) is 0. The molecule has 2 rings (SSSR count). The van der Waals surface area contributed by atoms with Gasteiger partial charge in [0.1, 0.15) is 5.75 Å². The molecule has 2 amide bonds. The lowest BCUT2D eigenvalue weighted by Crippen LogP contribution is -2.43. The summed E-state index contributed by atoms with van der Waals surface area (Å²) in [6.07, 6.45) is 4.10. The highest BCUT2D eigenvalue weighted by atomic mass is 16.5. The van der Waals surface area contributed by atoms with E-state index in [0.717, 1.165) is 31.4 Å². The van der Waals surface area contributed by atoms with E-state index in [1.165, 1.54) is 0 Å². The summed E-state index contributed by atoms with van der Waals surface area (Å²) in [4.78, 5) is 23.8. The molecule has 0 heterocycles. The van der Waals surface area contributed by atoms with E-state index < -0.39 is 11.8 Å². The predicted molar refractivity (Wildman–Crippen MR) is 85.8 cm³/mol. The number of amides is 2. The zero-order valence-electron chi connectivity index (χ0n) is 13.2. The van der Waals surface area contributed by atoms with Gasteiger partial charge in [0.05, 0.1) is 6.61 Å². The monoisotopic (exact) mass is 304 g/mol. The van der Waals surface area contributed by atoms with Crippen LogP contribution in [0.15, 0.2) is 24.3 Å². The van der Waals surface area contributed by atoms with Crippen molar-refractivity contribution in [2.24, 2.45) is 5.92 Å². The van der Waals surface area contributed by atoms with Crippen LogP contribution in [0.4, 0.5) is 5.69 Å². The van der Waals surface area contributed by atoms with Crippen LogP contribution in [0.2, 0.25) is 0 Å². The normalized spacial score (nSPS) is 21.0. The highest BCUT2D eigenvalue weighted by Gasteiger charge is 2.22. The first kappa shape index (κ1) is 16.3. The van der Waals surface area contributed by atoms with Crippen LogP contribution in [0.5, 0.6) is 5.75 Å². The van der Waals surface area contributed by atoms with Crippen molar-refractivity contribution in [2.75, 3.05) is 11.9 Å². The Hall–Kier alpha value is -2.04. The fourth-order valence-electron chi connectivity index (χ4n) is 2.64. The minimum absolute atomic E-state index is 0.120. The van der Waals surface area contributed by atoms with Gasteiger partial charge in [-0.2, -0.15) is 0 Å². The minimum Gasteiger partial charge on any atom is -0.494 e. The zero-order valence-corrected chi connectivity index (χ0v) is 13.2. The zero-order chi connectivity index (χ0) is 15.9. The molecule has 120 valence electrons. The van der Waals surface area contributed by atoms with E-state index in [9.17, 15) is 9.59 Å². The SMILES string of the molecule is CCOc1ccc(NC(=O)C(=O)NC2CCC(C)CC2)cc1. The van der Waals surface area contributed by atoms with Gasteiger partial charge in [-0.05, 0) is 62.8 Å². The van der Waals surface area contributed by atoms with Gasteiger partial charge in [0.25, 0.3) is 0 Å². The smallest absolute Gasteiger partial charge is 0.313 e. The third-order valence-corrected chi connectivity index (χ3v) is 3.98. The van der Waals surface area contributed by atoms with E-state index in [0.29, 0.717) is 18.2 Å². The Labute approximate surface area is 131 Å². The molecule has 1 saturated carbocycles. The molecule has 22 heavy (non-hydrogen) atoms. The van der Waals surface area contributed by atoms with Gasteiger partial charge in [0.2, 0.25) is 0 Å². The van der Waals surface area contributed by atoms with Crippen LogP contribution in [0.25, 0.3) is 0 Å². The van der Waals surface area contributed by atoms with Crippen LogP contribution in [0.3, 0.4) is 0 Å². The molecule has 0 spiro atoms. The molecule has 0 saturated heterocycles. The molecule has 1 aliphatic carbocycles. The van der Waals surface area contributed by atoms with Gasteiger partial charge in [0.15, 0.2) is 0 Å². The van der Waals surface area contributed by atoms with Crippen LogP contribution < -0.4 is 15.4 Å². The van der Waals surface area contributed by atoms with Crippen molar-refractivity contribution in [1.29, 1.82) is 0 Å². The summed E-state index contributed by atoms with van der Waals surface area (Å²) < 4.78 is 5.33. The maximum absolute atomic E-state index is 11.9. The number of ether oxygens (including phenoxy) is 1. The molecule has 5 nitrogen and oxygen atoms in total. The lowest BCUT2D eigenvalue weighted by Gasteiger charge is -2.26. The number of anilines is 1. The van der Waals surface area contributed by atoms with E-state index in [4.69, 9.17) is 4.74 Å². The number of carbonyl (C=O) groups is 2. The molecule has 0 bridgehead atoms. The molecule has 2 N–H and O–H groups in total. The Kier molecular flexibility index (Phi) is 5.81. The Morgan fingerprint density at radius 1 is 1.09 bits per heavy atom. The number of hydrogen-bond donors (Lipinski definition) is 2. The second-order valence-electron chi connectivity index (χ2n) is 5.84. The van der Waals surface area contributed by atoms with Gasteiger partial charge in [-0.3, -0.25) is 9.59 Å². The van der Waals surface area contributed by atoms with E-state index in [2.05, 4.69) is 17.6 Å². The van der Waals surface area contributed by atoms with Gasteiger partial charge in [-0.1, -0.05) is 6.92 Å². The van der Waals surface area contributed by atoms with Crippen molar-refractivity contribution in [3.63, 3.8) is 0 Å². The standard InChI is InChI=1S/C17H24N2O3/c1-3-22-15-10-8-14(9-11-15)19-17(21)16(20)18-13-6-4-12(2)5-7-13/h8-13H,3-7H2,1-2H3,(H,18,20)(H,19,21). The summed E-state index contributed by atoms with van der Waals surface area (Å²) in [5.74, 6) is 0.267. The average Bonchev–Trinajstić information content (AvgIpc) is 2.51. The van der Waals surface area contributed by atoms with E-state index in [1.54, 1.807) is 24.3 Å². The second kappa shape index (κ2) is 7.82. The summed E-state index contributed by atoms with van der Waals surface area (Å²) in [5, 5.41) is 5.42. The number of benzene rings is 1. The first-order chi connectivity index (χ1) is 10.6. The highest BCUT2D eigenvalue weighted by Crippen LogP contribution is 2.23. The quantitative estimate of drug-likeness (QED) is 0.840. The van der Waals surface area contributed by atoms with E-state index in [-0.39, 0.29) is 6.04 Å². The maximum atomic E-state index is 11.9. The molecule has 1 aromatic carbocycles. The summed E-state index contributed by atoms with van der Waals surface area (Å²) in [5.41, 5.74) is 0.584. The minimum atomic E-state index is -0.622. The van der Waals surface area contributed by atoms with Gasteiger partial charge in [-0.25, -0.2) is 0 Å². The Balaban J connectivity index is 1.81. The van der Waals surface area contributed by atoms with E-state index in [1.807, 2.05) is 6.92 Å². The number of rotatable bonds is 4. The van der Waals surface area contributed by atoms with Gasteiger partial charge in [0, 0.05) is 11.7 Å². The van der Waals surface area contributed by atoms with Crippen LogP contribution in [0.1, 0.15) is 39.5 Å². The van der Waals surface area contributed by atoms with Crippen molar-refractivity contribution in [3.05, 3.63) is 24.3 Å². The Morgan fingerprint density at radius 3 is 2.32 bits per heavy atom. The number of hydrogen-bond acceptors (Lipinski definition) is 3. The van der Waals surface area contributed by atoms with E-state index >= 15 is 0 Å². The maximum Gasteiger partial charge on any atom is 0.313 e. The molecular formula is C17H24N2O3. The van der Waals surface area contributed by atoms with Gasteiger partial charge >= 0.3 is 11.8 Å². The third-order valence-electron chi connectivity index (χ3n) is 3.98. The lowest BCUT2D eigenvalue weighted by molar-refractivity contribution is -0.136. The molecule has 1 fully saturated rings. The predicted octanol–water partition coefficient (Wildman–Crippen LogP) is 2.72. The van der Waals surface area contributed by atoms with Gasteiger partial charge in [-0.15, -0.1) is 0 Å². The molecule has 0 unspecified atom stereocenters. The largest absolute Gasteiger partial charge is 0.494 e. The van der Waals surface area contributed by atoms with Crippen molar-refractivity contribution in [3.8, 4) is 5.75 Å². The van der Waals surface area contributed by atoms with Crippen molar-refractivity contribution in [1.82, 2.24) is 5.32 Å². The fraction of sp³-hybridized carbons (Fsp3) is 0.529. The second-order valence-corrected chi connectivity index (χ2v) is 5.84. The molecule has 0 radical (unpaired) electrons. The highest BCUT2D eigenvalue weighted by molar-refractivity contribution is 6.39. The van der Waals surface area contributed by atoms with Crippen molar-refractivity contribution in [2.45, 2.75) is 45.6 Å². The summed E-state index contributed by atoms with van der Waals surface area (Å²) >= 11 is 0. The first-order valence-corrected chi connectivity index (χ1v) is 7.93. The van der Waals surface area contributed by atoms with Crippen LogP contribution >= 0.6 is 0 Å². The number of carbonyl (C=O) groups excluding carboxylic acids is 2. The molecular weight excluding hydrogens is 280 g/mol. The van der Waals surface area contributed by atoms with Gasteiger partial charge < -0.3 is 15.4 Å². The Morgan fingerprint density at radius 2 is 1.73 bits per heavy atom. The van der Waals surface area contributed by atoms with Crippen LogP contribution in [-0.2, 0) is 9.59 Å². The van der Waals surface area contributed by atoms with Crippen molar-refractivity contribution >= 4 is 17.5 Å². The molecule has 0 atom stereocenters. The average molecular weight is 304 g/mol. The lowest BCUT2D eigenvalue weighted by atomic mass is 9.87. The fourth-order valence-corrected chi connectivity index (χ4v) is 2.64. The first-order valence-electron chi connectivity index (χ1n) is 7.93. The Bertz CT molecular complexity index is 505. The molecule has 5 heteroatoms. The third kappa shape index (κ3) is 4.76. The molecule has 0 aromatic heterocycles.